The zero-order valence-corrected chi connectivity index (χ0v) is 13.7. The van der Waals surface area contributed by atoms with E-state index in [0.717, 1.165) is 5.56 Å². The van der Waals surface area contributed by atoms with E-state index < -0.39 is 5.91 Å². The second kappa shape index (κ2) is 6.76. The molecule has 0 aliphatic rings. The summed E-state index contributed by atoms with van der Waals surface area (Å²) in [4.78, 5) is 15.9. The van der Waals surface area contributed by atoms with Crippen molar-refractivity contribution >= 4 is 17.5 Å². The fourth-order valence-corrected chi connectivity index (χ4v) is 2.40. The molecule has 1 heterocycles. The summed E-state index contributed by atoms with van der Waals surface area (Å²) in [6, 6.07) is 14.3. The predicted octanol–water partition coefficient (Wildman–Crippen LogP) is 3.98. The van der Waals surface area contributed by atoms with Crippen molar-refractivity contribution in [1.29, 1.82) is 0 Å². The molecule has 0 unspecified atom stereocenters. The molecule has 0 radical (unpaired) electrons. The van der Waals surface area contributed by atoms with Gasteiger partial charge < -0.3 is 14.9 Å². The number of halogens is 1. The summed E-state index contributed by atoms with van der Waals surface area (Å²) in [7, 11) is 0. The van der Waals surface area contributed by atoms with Crippen LogP contribution in [0.3, 0.4) is 0 Å². The van der Waals surface area contributed by atoms with Crippen LogP contribution in [0.5, 0.6) is 5.75 Å². The number of ether oxygens (including phenoxy) is 1. The third-order valence-corrected chi connectivity index (χ3v) is 3.72. The predicted molar refractivity (Wildman–Crippen MR) is 91.0 cm³/mol. The molecule has 0 saturated carbocycles. The van der Waals surface area contributed by atoms with Crippen LogP contribution in [0.25, 0.3) is 11.5 Å². The van der Waals surface area contributed by atoms with Crippen LogP contribution in [0.2, 0.25) is 5.02 Å². The SMILES string of the molecule is Cc1oc(-c2ccccc2)nc1COc1ccc(Cl)cc1C(N)=O. The molecule has 2 N–H and O–H groups in total. The third-order valence-electron chi connectivity index (χ3n) is 3.48. The first-order chi connectivity index (χ1) is 11.5. The molecule has 0 atom stereocenters. The number of aromatic nitrogens is 1. The lowest BCUT2D eigenvalue weighted by Gasteiger charge is -2.08. The monoisotopic (exact) mass is 342 g/mol. The summed E-state index contributed by atoms with van der Waals surface area (Å²) >= 11 is 5.88. The van der Waals surface area contributed by atoms with Gasteiger partial charge in [-0.05, 0) is 37.3 Å². The Bertz CT molecular complexity index is 875. The van der Waals surface area contributed by atoms with E-state index in [4.69, 9.17) is 26.5 Å². The Hall–Kier alpha value is -2.79. The van der Waals surface area contributed by atoms with Crippen LogP contribution in [0.4, 0.5) is 0 Å². The molecule has 0 fully saturated rings. The van der Waals surface area contributed by atoms with E-state index >= 15 is 0 Å². The van der Waals surface area contributed by atoms with Crippen molar-refractivity contribution in [1.82, 2.24) is 4.98 Å². The van der Waals surface area contributed by atoms with Gasteiger partial charge in [-0.3, -0.25) is 4.79 Å². The van der Waals surface area contributed by atoms with Gasteiger partial charge in [-0.1, -0.05) is 29.8 Å². The Morgan fingerprint density at radius 3 is 2.71 bits per heavy atom. The summed E-state index contributed by atoms with van der Waals surface area (Å²) in [5.74, 6) is 0.936. The summed E-state index contributed by atoms with van der Waals surface area (Å²) in [5, 5.41) is 0.417. The minimum Gasteiger partial charge on any atom is -0.486 e. The lowest BCUT2D eigenvalue weighted by molar-refractivity contribution is 0.0996. The van der Waals surface area contributed by atoms with Crippen LogP contribution in [-0.4, -0.2) is 10.9 Å². The maximum Gasteiger partial charge on any atom is 0.252 e. The molecule has 24 heavy (non-hydrogen) atoms. The van der Waals surface area contributed by atoms with Crippen LogP contribution in [-0.2, 0) is 6.61 Å². The highest BCUT2D eigenvalue weighted by atomic mass is 35.5. The van der Waals surface area contributed by atoms with Gasteiger partial charge in [-0.25, -0.2) is 4.98 Å². The van der Waals surface area contributed by atoms with Gasteiger partial charge in [0.05, 0.1) is 5.56 Å². The molecule has 122 valence electrons. The molecule has 3 aromatic rings. The van der Waals surface area contributed by atoms with Gasteiger partial charge >= 0.3 is 0 Å². The number of amides is 1. The highest BCUT2D eigenvalue weighted by Crippen LogP contribution is 2.25. The molecule has 1 aromatic heterocycles. The minimum atomic E-state index is -0.602. The number of aryl methyl sites for hydroxylation is 1. The van der Waals surface area contributed by atoms with E-state index in [1.54, 1.807) is 12.1 Å². The van der Waals surface area contributed by atoms with Gasteiger partial charge in [0.1, 0.15) is 23.8 Å². The van der Waals surface area contributed by atoms with Gasteiger partial charge in [0.2, 0.25) is 5.89 Å². The Morgan fingerprint density at radius 2 is 2.00 bits per heavy atom. The summed E-state index contributed by atoms with van der Waals surface area (Å²) < 4.78 is 11.4. The molecular weight excluding hydrogens is 328 g/mol. The number of rotatable bonds is 5. The van der Waals surface area contributed by atoms with Crippen LogP contribution in [0.15, 0.2) is 52.9 Å². The molecule has 2 aromatic carbocycles. The number of nitrogens with two attached hydrogens (primary N) is 1. The van der Waals surface area contributed by atoms with Gasteiger partial charge in [0.15, 0.2) is 0 Å². The number of carbonyl (C=O) groups is 1. The quantitative estimate of drug-likeness (QED) is 0.760. The van der Waals surface area contributed by atoms with E-state index in [9.17, 15) is 4.79 Å². The van der Waals surface area contributed by atoms with Crippen molar-refractivity contribution < 1.29 is 13.9 Å². The smallest absolute Gasteiger partial charge is 0.252 e. The van der Waals surface area contributed by atoms with Crippen molar-refractivity contribution in [2.24, 2.45) is 5.73 Å². The third kappa shape index (κ3) is 3.41. The Morgan fingerprint density at radius 1 is 1.25 bits per heavy atom. The Labute approximate surface area is 144 Å². The average Bonchev–Trinajstić information content (AvgIpc) is 2.95. The molecule has 0 saturated heterocycles. The maximum atomic E-state index is 11.5. The van der Waals surface area contributed by atoms with E-state index in [-0.39, 0.29) is 12.2 Å². The second-order valence-electron chi connectivity index (χ2n) is 5.18. The van der Waals surface area contributed by atoms with Crippen LogP contribution < -0.4 is 10.5 Å². The standard InChI is InChI=1S/C18H15ClN2O3/c1-11-15(21-18(24-11)12-5-3-2-4-6-12)10-23-16-8-7-13(19)9-14(16)17(20)22/h2-9H,10H2,1H3,(H2,20,22). The molecule has 0 aliphatic heterocycles. The van der Waals surface area contributed by atoms with Gasteiger partial charge in [-0.15, -0.1) is 0 Å². The van der Waals surface area contributed by atoms with E-state index in [1.807, 2.05) is 37.3 Å². The second-order valence-corrected chi connectivity index (χ2v) is 5.62. The van der Waals surface area contributed by atoms with Crippen LogP contribution in [0.1, 0.15) is 21.8 Å². The highest BCUT2D eigenvalue weighted by molar-refractivity contribution is 6.31. The van der Waals surface area contributed by atoms with Crippen LogP contribution in [0, 0.1) is 6.92 Å². The lowest BCUT2D eigenvalue weighted by atomic mass is 10.2. The first kappa shape index (κ1) is 16.1. The molecule has 3 rings (SSSR count). The molecule has 5 nitrogen and oxygen atoms in total. The molecule has 1 amide bonds. The number of oxazole rings is 1. The van der Waals surface area contributed by atoms with Crippen molar-refractivity contribution in [3.8, 4) is 17.2 Å². The first-order valence-electron chi connectivity index (χ1n) is 7.28. The van der Waals surface area contributed by atoms with E-state index in [2.05, 4.69) is 4.98 Å². The fraction of sp³-hybridized carbons (Fsp3) is 0.111. The summed E-state index contributed by atoms with van der Waals surface area (Å²) in [6.07, 6.45) is 0. The summed E-state index contributed by atoms with van der Waals surface area (Å²) in [5.41, 5.74) is 7.12. The van der Waals surface area contributed by atoms with Gasteiger partial charge in [-0.2, -0.15) is 0 Å². The minimum absolute atomic E-state index is 0.157. The molecule has 0 spiro atoms. The highest BCUT2D eigenvalue weighted by Gasteiger charge is 2.14. The average molecular weight is 343 g/mol. The molecular formula is C18H15ClN2O3. The van der Waals surface area contributed by atoms with Gasteiger partial charge in [0, 0.05) is 10.6 Å². The zero-order valence-electron chi connectivity index (χ0n) is 13.0. The maximum absolute atomic E-state index is 11.5. The fourth-order valence-electron chi connectivity index (χ4n) is 2.23. The van der Waals surface area contributed by atoms with Crippen molar-refractivity contribution in [3.63, 3.8) is 0 Å². The number of hydrogen-bond acceptors (Lipinski definition) is 4. The van der Waals surface area contributed by atoms with E-state index in [1.165, 1.54) is 6.07 Å². The first-order valence-corrected chi connectivity index (χ1v) is 7.66. The Kier molecular flexibility index (Phi) is 4.53. The normalized spacial score (nSPS) is 10.6. The van der Waals surface area contributed by atoms with Crippen LogP contribution >= 0.6 is 11.6 Å². The zero-order chi connectivity index (χ0) is 17.1. The van der Waals surface area contributed by atoms with Gasteiger partial charge in [0.25, 0.3) is 5.91 Å². The summed E-state index contributed by atoms with van der Waals surface area (Å²) in [6.45, 7) is 1.97. The lowest BCUT2D eigenvalue weighted by Crippen LogP contribution is -2.13. The van der Waals surface area contributed by atoms with E-state index in [0.29, 0.717) is 28.1 Å². The molecule has 0 aliphatic carbocycles. The molecule has 0 bridgehead atoms. The van der Waals surface area contributed by atoms with Crippen molar-refractivity contribution in [2.45, 2.75) is 13.5 Å². The number of hydrogen-bond donors (Lipinski definition) is 1. The number of nitrogens with zero attached hydrogens (tertiary/aromatic N) is 1. The molecule has 6 heteroatoms. The number of carbonyl (C=O) groups excluding carboxylic acids is 1. The largest absolute Gasteiger partial charge is 0.486 e. The number of primary amides is 1. The van der Waals surface area contributed by atoms with Crippen molar-refractivity contribution in [3.05, 3.63) is 70.6 Å². The topological polar surface area (TPSA) is 78.3 Å². The number of benzene rings is 2. The Balaban J connectivity index is 1.81. The van der Waals surface area contributed by atoms with Crippen molar-refractivity contribution in [2.75, 3.05) is 0 Å².